The Labute approximate surface area is 158 Å². The number of halogens is 5. The molecular formula is C20H19F5N2O. The van der Waals surface area contributed by atoms with Crippen molar-refractivity contribution in [1.29, 1.82) is 0 Å². The number of alkyl halides is 3. The van der Waals surface area contributed by atoms with Gasteiger partial charge in [0, 0.05) is 41.4 Å². The summed E-state index contributed by atoms with van der Waals surface area (Å²) in [5, 5.41) is 11.6. The number of nitrogens with zero attached hydrogens (tertiary/aromatic N) is 2. The molecule has 1 aliphatic heterocycles. The monoisotopic (exact) mass is 398 g/mol. The lowest BCUT2D eigenvalue weighted by atomic mass is 10.0. The van der Waals surface area contributed by atoms with Crippen molar-refractivity contribution in [1.82, 2.24) is 9.47 Å². The molecule has 0 saturated carbocycles. The van der Waals surface area contributed by atoms with Crippen LogP contribution in [0.15, 0.2) is 36.4 Å². The Morgan fingerprint density at radius 3 is 2.07 bits per heavy atom. The van der Waals surface area contributed by atoms with Crippen LogP contribution in [0.3, 0.4) is 0 Å². The van der Waals surface area contributed by atoms with Crippen LogP contribution in [-0.4, -0.2) is 46.5 Å². The quantitative estimate of drug-likeness (QED) is 0.652. The SMILES string of the molecule is O[C@@H]1CCN(CCC(F)(F)F)C[C@H]1n1c2ccc(F)cc2c2cc(F)ccc21. The molecule has 2 aromatic carbocycles. The van der Waals surface area contributed by atoms with Crippen molar-refractivity contribution in [3.8, 4) is 0 Å². The van der Waals surface area contributed by atoms with Crippen molar-refractivity contribution in [3.05, 3.63) is 48.0 Å². The number of rotatable bonds is 3. The summed E-state index contributed by atoms with van der Waals surface area (Å²) >= 11 is 0. The van der Waals surface area contributed by atoms with Gasteiger partial charge in [-0.2, -0.15) is 13.2 Å². The standard InChI is InChI=1S/C20H19F5N2O/c21-12-1-3-16-14(9-12)15-10-13(22)2-4-17(15)27(16)18-11-26(7-5-19(18)28)8-6-20(23,24)25/h1-4,9-10,18-19,28H,5-8,11H2/t18-,19-/m1/s1. The van der Waals surface area contributed by atoms with Crippen LogP contribution in [0.25, 0.3) is 21.8 Å². The van der Waals surface area contributed by atoms with E-state index in [1.807, 2.05) is 0 Å². The Morgan fingerprint density at radius 1 is 0.964 bits per heavy atom. The molecule has 1 saturated heterocycles. The minimum atomic E-state index is -4.24. The van der Waals surface area contributed by atoms with Crippen LogP contribution in [0.4, 0.5) is 22.0 Å². The summed E-state index contributed by atoms with van der Waals surface area (Å²) < 4.78 is 67.2. The van der Waals surface area contributed by atoms with E-state index in [4.69, 9.17) is 0 Å². The molecule has 150 valence electrons. The van der Waals surface area contributed by atoms with Gasteiger partial charge in [0.15, 0.2) is 0 Å². The lowest BCUT2D eigenvalue weighted by molar-refractivity contribution is -0.139. The molecular weight excluding hydrogens is 379 g/mol. The normalized spacial score (nSPS) is 21.6. The van der Waals surface area contributed by atoms with Gasteiger partial charge in [0.2, 0.25) is 0 Å². The highest BCUT2D eigenvalue weighted by Gasteiger charge is 2.34. The largest absolute Gasteiger partial charge is 0.391 e. The number of benzene rings is 2. The molecule has 1 N–H and O–H groups in total. The van der Waals surface area contributed by atoms with Crippen molar-refractivity contribution in [2.24, 2.45) is 0 Å². The molecule has 0 amide bonds. The second kappa shape index (κ2) is 7.00. The van der Waals surface area contributed by atoms with E-state index in [1.54, 1.807) is 21.6 Å². The van der Waals surface area contributed by atoms with Gasteiger partial charge in [-0.15, -0.1) is 0 Å². The Kier molecular flexibility index (Phi) is 4.79. The molecule has 0 bridgehead atoms. The summed E-state index contributed by atoms with van der Waals surface area (Å²) in [6.45, 7) is 0.451. The first-order valence-electron chi connectivity index (χ1n) is 9.09. The average molecular weight is 398 g/mol. The predicted molar refractivity (Wildman–Crippen MR) is 96.1 cm³/mol. The molecule has 0 spiro atoms. The van der Waals surface area contributed by atoms with Crippen molar-refractivity contribution >= 4 is 21.8 Å². The third-order valence-corrected chi connectivity index (χ3v) is 5.40. The van der Waals surface area contributed by atoms with E-state index >= 15 is 0 Å². The van der Waals surface area contributed by atoms with E-state index in [0.29, 0.717) is 34.8 Å². The molecule has 2 heterocycles. The summed E-state index contributed by atoms with van der Waals surface area (Å²) in [4.78, 5) is 1.68. The van der Waals surface area contributed by atoms with Crippen molar-refractivity contribution in [3.63, 3.8) is 0 Å². The van der Waals surface area contributed by atoms with Gasteiger partial charge in [0.05, 0.1) is 18.6 Å². The maximum atomic E-state index is 13.8. The lowest BCUT2D eigenvalue weighted by Crippen LogP contribution is -2.45. The Bertz CT molecular complexity index is 954. The maximum absolute atomic E-state index is 13.8. The summed E-state index contributed by atoms with van der Waals surface area (Å²) in [6, 6.07) is 7.79. The molecule has 1 aliphatic rings. The van der Waals surface area contributed by atoms with Crippen LogP contribution in [0.5, 0.6) is 0 Å². The number of piperidine rings is 1. The summed E-state index contributed by atoms with van der Waals surface area (Å²) in [7, 11) is 0. The highest BCUT2D eigenvalue weighted by molar-refractivity contribution is 6.08. The number of aromatic nitrogens is 1. The zero-order valence-electron chi connectivity index (χ0n) is 14.9. The van der Waals surface area contributed by atoms with Crippen LogP contribution in [0.2, 0.25) is 0 Å². The number of likely N-dealkylation sites (tertiary alicyclic amines) is 1. The van der Waals surface area contributed by atoms with Gasteiger partial charge in [0.1, 0.15) is 11.6 Å². The minimum absolute atomic E-state index is 0.146. The van der Waals surface area contributed by atoms with Gasteiger partial charge in [-0.1, -0.05) is 0 Å². The second-order valence-electron chi connectivity index (χ2n) is 7.28. The third kappa shape index (κ3) is 3.58. The van der Waals surface area contributed by atoms with E-state index in [0.717, 1.165) is 0 Å². The first-order valence-corrected chi connectivity index (χ1v) is 9.09. The van der Waals surface area contributed by atoms with Crippen LogP contribution in [0.1, 0.15) is 18.9 Å². The van der Waals surface area contributed by atoms with Crippen LogP contribution in [-0.2, 0) is 0 Å². The number of aliphatic hydroxyl groups excluding tert-OH is 1. The zero-order valence-corrected chi connectivity index (χ0v) is 14.9. The summed E-state index contributed by atoms with van der Waals surface area (Å²) in [5.41, 5.74) is 1.23. The molecule has 1 aromatic heterocycles. The number of aliphatic hydroxyl groups is 1. The molecule has 2 atom stereocenters. The van der Waals surface area contributed by atoms with Gasteiger partial charge in [0.25, 0.3) is 0 Å². The number of hydrogen-bond acceptors (Lipinski definition) is 2. The van der Waals surface area contributed by atoms with Crippen LogP contribution >= 0.6 is 0 Å². The maximum Gasteiger partial charge on any atom is 0.390 e. The van der Waals surface area contributed by atoms with E-state index < -0.39 is 36.4 Å². The first-order chi connectivity index (χ1) is 13.2. The van der Waals surface area contributed by atoms with Crippen LogP contribution < -0.4 is 0 Å². The highest BCUT2D eigenvalue weighted by Crippen LogP contribution is 2.36. The van der Waals surface area contributed by atoms with Gasteiger partial charge in [-0.25, -0.2) is 8.78 Å². The summed E-state index contributed by atoms with van der Waals surface area (Å²) in [5.74, 6) is -0.932. The molecule has 3 aromatic rings. The van der Waals surface area contributed by atoms with Crippen molar-refractivity contribution in [2.75, 3.05) is 19.6 Å². The van der Waals surface area contributed by atoms with E-state index in [1.165, 1.54) is 24.3 Å². The molecule has 0 aliphatic carbocycles. The molecule has 28 heavy (non-hydrogen) atoms. The molecule has 4 rings (SSSR count). The van der Waals surface area contributed by atoms with Crippen molar-refractivity contribution < 1.29 is 27.1 Å². The molecule has 8 heteroatoms. The fourth-order valence-corrected chi connectivity index (χ4v) is 4.08. The highest BCUT2D eigenvalue weighted by atomic mass is 19.4. The summed E-state index contributed by atoms with van der Waals surface area (Å²) in [6.07, 6.45) is -5.60. The first kappa shape index (κ1) is 19.1. The third-order valence-electron chi connectivity index (χ3n) is 5.40. The van der Waals surface area contributed by atoms with Gasteiger partial charge >= 0.3 is 6.18 Å². The Balaban J connectivity index is 1.78. The smallest absolute Gasteiger partial charge is 0.390 e. The number of fused-ring (bicyclic) bond motifs is 3. The second-order valence-corrected chi connectivity index (χ2v) is 7.28. The number of hydrogen-bond donors (Lipinski definition) is 1. The van der Waals surface area contributed by atoms with E-state index in [2.05, 4.69) is 0 Å². The van der Waals surface area contributed by atoms with E-state index in [-0.39, 0.29) is 13.1 Å². The lowest BCUT2D eigenvalue weighted by Gasteiger charge is -2.37. The van der Waals surface area contributed by atoms with E-state index in [9.17, 15) is 27.1 Å². The topological polar surface area (TPSA) is 28.4 Å². The Morgan fingerprint density at radius 2 is 1.54 bits per heavy atom. The van der Waals surface area contributed by atoms with Crippen molar-refractivity contribution in [2.45, 2.75) is 31.2 Å². The van der Waals surface area contributed by atoms with Gasteiger partial charge < -0.3 is 14.6 Å². The van der Waals surface area contributed by atoms with Gasteiger partial charge in [-0.05, 0) is 42.8 Å². The molecule has 0 radical (unpaired) electrons. The molecule has 3 nitrogen and oxygen atoms in total. The van der Waals surface area contributed by atoms with Crippen LogP contribution in [0, 0.1) is 11.6 Å². The molecule has 1 fully saturated rings. The fourth-order valence-electron chi connectivity index (χ4n) is 4.08. The average Bonchev–Trinajstić information content (AvgIpc) is 2.93. The minimum Gasteiger partial charge on any atom is -0.391 e. The Hall–Kier alpha value is -2.19. The zero-order chi connectivity index (χ0) is 20.1. The molecule has 0 unspecified atom stereocenters. The fraction of sp³-hybridized carbons (Fsp3) is 0.400. The predicted octanol–water partition coefficient (Wildman–Crippen LogP) is 4.63. The van der Waals surface area contributed by atoms with Gasteiger partial charge in [-0.3, -0.25) is 0 Å².